The highest BCUT2D eigenvalue weighted by Crippen LogP contribution is 2.53. The molecule has 6 rings (SSSR count). The minimum Gasteiger partial charge on any atom is -0.407 e. The number of nitrogens with zero attached hydrogens (tertiary/aromatic N) is 1. The Morgan fingerprint density at radius 1 is 0.758 bits per heavy atom. The number of likely N-dealkylation sites (tertiary alicyclic amines) is 1. The zero-order valence-electron chi connectivity index (χ0n) is 40.0. The number of allylic oxidation sites excluding steroid dienone is 1. The van der Waals surface area contributed by atoms with E-state index in [4.69, 9.17) is 20.5 Å². The van der Waals surface area contributed by atoms with E-state index >= 15 is 0 Å². The molecule has 1 aliphatic heterocycles. The van der Waals surface area contributed by atoms with Crippen LogP contribution >= 0.6 is 11.6 Å². The van der Waals surface area contributed by atoms with E-state index < -0.39 is 46.4 Å². The molecule has 2 fully saturated rings. The van der Waals surface area contributed by atoms with Crippen LogP contribution in [0.15, 0.2) is 145 Å². The molecule has 0 unspecified atom stereocenters. The molecule has 356 valence electrons. The van der Waals surface area contributed by atoms with Gasteiger partial charge in [0.25, 0.3) is 16.6 Å². The molecule has 1 saturated heterocycles. The number of aliphatic hydroxyl groups excluding tert-OH is 1. The third-order valence-electron chi connectivity index (χ3n) is 14.4. The summed E-state index contributed by atoms with van der Waals surface area (Å²) >= 11 is 7.39. The van der Waals surface area contributed by atoms with Gasteiger partial charge in [0, 0.05) is 36.2 Å². The zero-order valence-corrected chi connectivity index (χ0v) is 42.8. The number of rotatable bonds is 17. The van der Waals surface area contributed by atoms with Crippen molar-refractivity contribution >= 4 is 54.9 Å². The van der Waals surface area contributed by atoms with Crippen LogP contribution < -0.4 is 20.7 Å². The number of amides is 1. The first-order valence-electron chi connectivity index (χ1n) is 23.9. The third-order valence-corrected chi connectivity index (χ3v) is 24.7. The maximum atomic E-state index is 14.5. The summed E-state index contributed by atoms with van der Waals surface area (Å²) in [6.07, 6.45) is 5.38. The average molecular weight is 959 g/mol. The highest BCUT2D eigenvalue weighted by atomic mass is 35.5. The van der Waals surface area contributed by atoms with Crippen LogP contribution in [0.3, 0.4) is 0 Å². The van der Waals surface area contributed by atoms with E-state index in [-0.39, 0.29) is 28.5 Å². The van der Waals surface area contributed by atoms with Crippen molar-refractivity contribution in [2.75, 3.05) is 13.2 Å². The molecular formula is C55H71ClF3NO4Si2. The molecule has 4 aromatic carbocycles. The molecule has 1 spiro atoms. The van der Waals surface area contributed by atoms with E-state index in [2.05, 4.69) is 158 Å². The Balaban J connectivity index is 1.41. The fraction of sp³-hybridized carbons (Fsp3) is 0.473. The molecular weight excluding hydrogens is 887 g/mol. The van der Waals surface area contributed by atoms with E-state index in [0.29, 0.717) is 56.6 Å². The third kappa shape index (κ3) is 10.9. The van der Waals surface area contributed by atoms with Gasteiger partial charge in [-0.1, -0.05) is 200 Å². The Hall–Kier alpha value is -3.78. The van der Waals surface area contributed by atoms with Gasteiger partial charge in [-0.05, 0) is 93.7 Å². The van der Waals surface area contributed by atoms with Crippen molar-refractivity contribution in [3.63, 3.8) is 0 Å². The normalized spacial score (nSPS) is 21.1. The molecule has 0 radical (unpaired) electrons. The SMILES string of the molecule is C[C@@H](/C=C/[C@H](/C=C(\Cl)CCO[Si](c1ccccc1)(c1ccccc1)C(C)(C)C)O[Si](c1ccccc1)(c1ccccc1)C(C)(C)C)[C@H]1CCC[C@]12CCC[C@H](CCCO)N2C(=O)C(F)(F)F. The first-order valence-corrected chi connectivity index (χ1v) is 28.1. The van der Waals surface area contributed by atoms with Crippen molar-refractivity contribution in [3.05, 3.63) is 145 Å². The lowest BCUT2D eigenvalue weighted by Gasteiger charge is -2.54. The van der Waals surface area contributed by atoms with Crippen LogP contribution in [0.2, 0.25) is 10.1 Å². The summed E-state index contributed by atoms with van der Waals surface area (Å²) in [5, 5.41) is 14.3. The van der Waals surface area contributed by atoms with Crippen molar-refractivity contribution in [1.29, 1.82) is 0 Å². The van der Waals surface area contributed by atoms with Gasteiger partial charge in [0.1, 0.15) is 0 Å². The number of piperidine rings is 1. The van der Waals surface area contributed by atoms with E-state index in [0.717, 1.165) is 23.2 Å². The van der Waals surface area contributed by atoms with Crippen molar-refractivity contribution < 1.29 is 31.9 Å². The van der Waals surface area contributed by atoms with Gasteiger partial charge in [-0.25, -0.2) is 0 Å². The van der Waals surface area contributed by atoms with E-state index in [1.807, 2.05) is 30.3 Å². The Morgan fingerprint density at radius 3 is 1.65 bits per heavy atom. The molecule has 1 amide bonds. The van der Waals surface area contributed by atoms with Crippen molar-refractivity contribution in [2.24, 2.45) is 11.8 Å². The van der Waals surface area contributed by atoms with E-state index in [1.165, 1.54) is 15.3 Å². The first-order chi connectivity index (χ1) is 31.3. The molecule has 1 N–H and O–H groups in total. The van der Waals surface area contributed by atoms with Gasteiger partial charge >= 0.3 is 12.1 Å². The van der Waals surface area contributed by atoms with Crippen LogP contribution in [-0.2, 0) is 13.6 Å². The summed E-state index contributed by atoms with van der Waals surface area (Å²) in [5.41, 5.74) is -0.936. The van der Waals surface area contributed by atoms with Gasteiger partial charge in [0.15, 0.2) is 0 Å². The molecule has 0 aromatic heterocycles. The summed E-state index contributed by atoms with van der Waals surface area (Å²) in [6.45, 7) is 15.8. The molecule has 66 heavy (non-hydrogen) atoms. The molecule has 1 aliphatic carbocycles. The number of alkyl halides is 3. The molecule has 5 nitrogen and oxygen atoms in total. The number of hydrogen-bond acceptors (Lipinski definition) is 4. The summed E-state index contributed by atoms with van der Waals surface area (Å²) in [6, 6.07) is 41.4. The van der Waals surface area contributed by atoms with Gasteiger partial charge in [-0.15, -0.1) is 0 Å². The number of carbonyl (C=O) groups is 1. The summed E-state index contributed by atoms with van der Waals surface area (Å²) in [7, 11) is -5.99. The molecule has 4 aromatic rings. The minimum absolute atomic E-state index is 0.130. The van der Waals surface area contributed by atoms with Gasteiger partial charge in [0.05, 0.1) is 6.10 Å². The maximum absolute atomic E-state index is 14.5. The van der Waals surface area contributed by atoms with Crippen molar-refractivity contribution in [1.82, 2.24) is 4.90 Å². The number of hydrogen-bond donors (Lipinski definition) is 1. The molecule has 1 heterocycles. The highest BCUT2D eigenvalue weighted by molar-refractivity contribution is 7.00. The Labute approximate surface area is 399 Å². The van der Waals surface area contributed by atoms with Gasteiger partial charge < -0.3 is 18.9 Å². The lowest BCUT2D eigenvalue weighted by atomic mass is 9.70. The Kier molecular flexibility index (Phi) is 16.9. The summed E-state index contributed by atoms with van der Waals surface area (Å²) < 4.78 is 58.5. The van der Waals surface area contributed by atoms with Gasteiger partial charge in [0.2, 0.25) is 0 Å². The standard InChI is InChI=1S/C55H71ClF3NO4Si2/c1-42(50-33-21-38-54(50)37-20-23-44(24-22-39-61)60(54)51(62)55(57,58)59)34-35-45(64-66(53(5,6)7,48-29-16-10-17-30-48)49-31-18-11-19-32-49)41-43(56)36-40-63-65(52(2,3)4,46-25-12-8-13-26-46)47-27-14-9-15-28-47/h8-19,25-32,34-35,41-42,44-45,50,61H,20-24,33,36-40H2,1-7H3/b35-34+,43-41-/t42-,44+,45+,50+,54+/m0/s1. The van der Waals surface area contributed by atoms with E-state index in [9.17, 15) is 23.1 Å². The predicted molar refractivity (Wildman–Crippen MR) is 270 cm³/mol. The second-order valence-corrected chi connectivity index (χ2v) is 29.6. The molecule has 1 saturated carbocycles. The monoisotopic (exact) mass is 957 g/mol. The summed E-state index contributed by atoms with van der Waals surface area (Å²) in [4.78, 5) is 14.7. The largest absolute Gasteiger partial charge is 0.471 e. The fourth-order valence-electron chi connectivity index (χ4n) is 11.6. The van der Waals surface area contributed by atoms with Crippen LogP contribution in [0.4, 0.5) is 13.2 Å². The van der Waals surface area contributed by atoms with Crippen LogP contribution in [-0.4, -0.2) is 69.6 Å². The lowest BCUT2D eigenvalue weighted by molar-refractivity contribution is -0.201. The second-order valence-electron chi connectivity index (χ2n) is 20.6. The fourth-order valence-corrected chi connectivity index (χ4v) is 20.9. The molecule has 11 heteroatoms. The highest BCUT2D eigenvalue weighted by Gasteiger charge is 2.59. The Bertz CT molecular complexity index is 2130. The van der Waals surface area contributed by atoms with Crippen molar-refractivity contribution in [3.8, 4) is 0 Å². The van der Waals surface area contributed by atoms with E-state index in [1.54, 1.807) is 0 Å². The number of halogens is 4. The minimum atomic E-state index is -4.99. The van der Waals surface area contributed by atoms with Gasteiger partial charge in [-0.2, -0.15) is 13.2 Å². The van der Waals surface area contributed by atoms with Crippen LogP contribution in [0.5, 0.6) is 0 Å². The van der Waals surface area contributed by atoms with Gasteiger partial charge in [-0.3, -0.25) is 4.79 Å². The zero-order chi connectivity index (χ0) is 47.8. The maximum Gasteiger partial charge on any atom is 0.471 e. The number of carbonyl (C=O) groups excluding carboxylic acids is 1. The van der Waals surface area contributed by atoms with Crippen LogP contribution in [0, 0.1) is 11.8 Å². The first kappa shape index (κ1) is 51.6. The van der Waals surface area contributed by atoms with Crippen LogP contribution in [0.25, 0.3) is 0 Å². The Morgan fingerprint density at radius 2 is 1.21 bits per heavy atom. The van der Waals surface area contributed by atoms with Crippen LogP contribution in [0.1, 0.15) is 106 Å². The number of benzene rings is 4. The quantitative estimate of drug-likeness (QED) is 0.0846. The molecule has 2 aliphatic rings. The average Bonchev–Trinajstić information content (AvgIpc) is 3.70. The smallest absolute Gasteiger partial charge is 0.407 e. The topological polar surface area (TPSA) is 59.0 Å². The molecule has 5 atom stereocenters. The summed E-state index contributed by atoms with van der Waals surface area (Å²) in [5.74, 6) is -2.15. The number of aliphatic hydroxyl groups is 1. The second kappa shape index (κ2) is 21.7. The molecule has 0 bridgehead atoms. The van der Waals surface area contributed by atoms with Crippen molar-refractivity contribution in [2.45, 2.75) is 140 Å². The predicted octanol–water partition coefficient (Wildman–Crippen LogP) is 11.5. The lowest BCUT2D eigenvalue weighted by Crippen LogP contribution is -2.67.